The number of nitriles is 1. The average Bonchev–Trinajstić information content (AvgIpc) is 2.94. The Kier molecular flexibility index (Phi) is 5.74. The molecule has 0 aliphatic heterocycles. The minimum Gasteiger partial charge on any atom is -0.389 e. The molecule has 1 aromatic carbocycles. The maximum absolute atomic E-state index is 9.20. The van der Waals surface area contributed by atoms with Crippen molar-refractivity contribution in [3.8, 4) is 6.07 Å². The number of allylic oxidation sites excluding steroid dienone is 1. The van der Waals surface area contributed by atoms with Crippen LogP contribution in [0.3, 0.4) is 0 Å². The highest BCUT2D eigenvalue weighted by atomic mass is 32.1. The zero-order chi connectivity index (χ0) is 15.9. The molecule has 22 heavy (non-hydrogen) atoms. The second-order valence-electron chi connectivity index (χ2n) is 5.56. The average molecular weight is 311 g/mol. The first-order valence-electron chi connectivity index (χ1n) is 7.45. The Bertz CT molecular complexity index is 675. The van der Waals surface area contributed by atoms with E-state index in [1.54, 1.807) is 6.20 Å². The van der Waals surface area contributed by atoms with Crippen LogP contribution in [0.5, 0.6) is 0 Å². The van der Waals surface area contributed by atoms with Crippen LogP contribution in [0.15, 0.2) is 35.8 Å². The van der Waals surface area contributed by atoms with Crippen LogP contribution in [0.4, 0.5) is 0 Å². The molecule has 2 rings (SSSR count). The molecule has 0 saturated carbocycles. The lowest BCUT2D eigenvalue weighted by molar-refractivity contribution is 0.828. The van der Waals surface area contributed by atoms with Crippen molar-refractivity contribution in [3.05, 3.63) is 57.7 Å². The second kappa shape index (κ2) is 7.77. The standard InChI is InChI=1S/C18H21N3S/c1-13(2)16-6-4-15(5-7-16)8-9-20-11-17(10-19)18-21-14(3)12-22-18/h4-7,11-13,20H,8-9H2,1-3H3/b17-11+. The molecular weight excluding hydrogens is 290 g/mol. The van der Waals surface area contributed by atoms with E-state index in [1.165, 1.54) is 22.5 Å². The highest BCUT2D eigenvalue weighted by Gasteiger charge is 2.04. The fourth-order valence-corrected chi connectivity index (χ4v) is 2.84. The number of benzene rings is 1. The van der Waals surface area contributed by atoms with E-state index < -0.39 is 0 Å². The van der Waals surface area contributed by atoms with Crippen LogP contribution in [0.2, 0.25) is 0 Å². The molecule has 2 aromatic rings. The molecule has 0 atom stereocenters. The number of rotatable bonds is 6. The van der Waals surface area contributed by atoms with Crippen LogP contribution in [0, 0.1) is 18.3 Å². The number of hydrogen-bond acceptors (Lipinski definition) is 4. The van der Waals surface area contributed by atoms with Crippen LogP contribution in [0.1, 0.15) is 41.6 Å². The predicted molar refractivity (Wildman–Crippen MR) is 92.7 cm³/mol. The number of hydrogen-bond donors (Lipinski definition) is 1. The van der Waals surface area contributed by atoms with Gasteiger partial charge in [-0.1, -0.05) is 38.1 Å². The molecule has 0 fully saturated rings. The number of aryl methyl sites for hydroxylation is 1. The van der Waals surface area contributed by atoms with Gasteiger partial charge in [-0.2, -0.15) is 5.26 Å². The number of nitrogens with one attached hydrogen (secondary N) is 1. The first-order valence-corrected chi connectivity index (χ1v) is 8.33. The van der Waals surface area contributed by atoms with Crippen molar-refractivity contribution in [1.82, 2.24) is 10.3 Å². The van der Waals surface area contributed by atoms with Crippen LogP contribution in [-0.2, 0) is 6.42 Å². The van der Waals surface area contributed by atoms with E-state index in [2.05, 4.69) is 54.5 Å². The highest BCUT2D eigenvalue weighted by molar-refractivity contribution is 7.10. The van der Waals surface area contributed by atoms with Gasteiger partial charge < -0.3 is 5.32 Å². The minimum absolute atomic E-state index is 0.565. The van der Waals surface area contributed by atoms with E-state index in [9.17, 15) is 5.26 Å². The molecule has 4 heteroatoms. The lowest BCUT2D eigenvalue weighted by Gasteiger charge is -2.07. The highest BCUT2D eigenvalue weighted by Crippen LogP contribution is 2.18. The molecule has 1 N–H and O–H groups in total. The molecule has 0 amide bonds. The van der Waals surface area contributed by atoms with Gasteiger partial charge in [0.1, 0.15) is 16.6 Å². The fraction of sp³-hybridized carbons (Fsp3) is 0.333. The maximum atomic E-state index is 9.20. The van der Waals surface area contributed by atoms with Crippen molar-refractivity contribution in [2.45, 2.75) is 33.1 Å². The molecule has 0 saturated heterocycles. The fourth-order valence-electron chi connectivity index (χ4n) is 2.08. The second-order valence-corrected chi connectivity index (χ2v) is 6.42. The van der Waals surface area contributed by atoms with E-state index in [0.29, 0.717) is 11.5 Å². The largest absolute Gasteiger partial charge is 0.389 e. The van der Waals surface area contributed by atoms with Gasteiger partial charge >= 0.3 is 0 Å². The predicted octanol–water partition coefficient (Wildman–Crippen LogP) is 4.27. The smallest absolute Gasteiger partial charge is 0.135 e. The summed E-state index contributed by atoms with van der Waals surface area (Å²) in [5.74, 6) is 0.565. The quantitative estimate of drug-likeness (QED) is 0.640. The van der Waals surface area contributed by atoms with Gasteiger partial charge in [0.05, 0.1) is 0 Å². The van der Waals surface area contributed by atoms with Crippen LogP contribution < -0.4 is 5.32 Å². The van der Waals surface area contributed by atoms with Gasteiger partial charge in [0.2, 0.25) is 0 Å². The molecule has 1 heterocycles. The molecular formula is C18H21N3S. The Morgan fingerprint density at radius 3 is 2.64 bits per heavy atom. The molecule has 0 bridgehead atoms. The van der Waals surface area contributed by atoms with Gasteiger partial charge in [-0.15, -0.1) is 11.3 Å². The summed E-state index contributed by atoms with van der Waals surface area (Å²) in [7, 11) is 0. The summed E-state index contributed by atoms with van der Waals surface area (Å²) >= 11 is 1.50. The minimum atomic E-state index is 0.565. The van der Waals surface area contributed by atoms with Crippen molar-refractivity contribution >= 4 is 16.9 Å². The molecule has 1 aromatic heterocycles. The van der Waals surface area contributed by atoms with Gasteiger partial charge in [0.25, 0.3) is 0 Å². The lowest BCUT2D eigenvalue weighted by atomic mass is 10.0. The molecule has 3 nitrogen and oxygen atoms in total. The van der Waals surface area contributed by atoms with Gasteiger partial charge in [-0.05, 0) is 30.4 Å². The van der Waals surface area contributed by atoms with Crippen LogP contribution >= 0.6 is 11.3 Å². The van der Waals surface area contributed by atoms with Gasteiger partial charge in [-0.3, -0.25) is 0 Å². The molecule has 0 aliphatic carbocycles. The maximum Gasteiger partial charge on any atom is 0.135 e. The first-order chi connectivity index (χ1) is 10.6. The van der Waals surface area contributed by atoms with Crippen molar-refractivity contribution in [2.75, 3.05) is 6.54 Å². The Labute approximate surface area is 136 Å². The van der Waals surface area contributed by atoms with E-state index in [4.69, 9.17) is 0 Å². The molecule has 0 aliphatic rings. The van der Waals surface area contributed by atoms with Crippen molar-refractivity contribution in [1.29, 1.82) is 5.26 Å². The van der Waals surface area contributed by atoms with Crippen molar-refractivity contribution in [3.63, 3.8) is 0 Å². The summed E-state index contributed by atoms with van der Waals surface area (Å²) in [6, 6.07) is 10.9. The van der Waals surface area contributed by atoms with Gasteiger partial charge in [0.15, 0.2) is 0 Å². The summed E-state index contributed by atoms with van der Waals surface area (Å²) in [4.78, 5) is 4.33. The summed E-state index contributed by atoms with van der Waals surface area (Å²) in [5, 5.41) is 15.1. The van der Waals surface area contributed by atoms with Crippen LogP contribution in [-0.4, -0.2) is 11.5 Å². The molecule has 0 unspecified atom stereocenters. The number of thiazole rings is 1. The van der Waals surface area contributed by atoms with E-state index in [0.717, 1.165) is 23.7 Å². The number of nitrogens with zero attached hydrogens (tertiary/aromatic N) is 2. The summed E-state index contributed by atoms with van der Waals surface area (Å²) in [6.07, 6.45) is 2.70. The topological polar surface area (TPSA) is 48.7 Å². The Morgan fingerprint density at radius 1 is 1.36 bits per heavy atom. The number of aromatic nitrogens is 1. The normalized spacial score (nSPS) is 11.5. The third-order valence-corrected chi connectivity index (χ3v) is 4.41. The monoisotopic (exact) mass is 311 g/mol. The Hall–Kier alpha value is -2.12. The first kappa shape index (κ1) is 16.3. The summed E-state index contributed by atoms with van der Waals surface area (Å²) in [5.41, 5.74) is 4.20. The summed E-state index contributed by atoms with van der Waals surface area (Å²) < 4.78 is 0. The van der Waals surface area contributed by atoms with E-state index in [1.807, 2.05) is 12.3 Å². The Balaban J connectivity index is 1.88. The van der Waals surface area contributed by atoms with E-state index in [-0.39, 0.29) is 0 Å². The SMILES string of the molecule is Cc1csc(/C(C#N)=C/NCCc2ccc(C(C)C)cc2)n1. The third-order valence-electron chi connectivity index (χ3n) is 3.42. The van der Waals surface area contributed by atoms with E-state index >= 15 is 0 Å². The van der Waals surface area contributed by atoms with Gasteiger partial charge in [-0.25, -0.2) is 4.98 Å². The van der Waals surface area contributed by atoms with Crippen LogP contribution in [0.25, 0.3) is 5.57 Å². The molecule has 114 valence electrons. The van der Waals surface area contributed by atoms with Crippen molar-refractivity contribution < 1.29 is 0 Å². The molecule has 0 spiro atoms. The molecule has 0 radical (unpaired) electrons. The lowest BCUT2D eigenvalue weighted by Crippen LogP contribution is -2.10. The zero-order valence-corrected chi connectivity index (χ0v) is 14.1. The zero-order valence-electron chi connectivity index (χ0n) is 13.3. The Morgan fingerprint density at radius 2 is 2.09 bits per heavy atom. The summed E-state index contributed by atoms with van der Waals surface area (Å²) in [6.45, 7) is 7.13. The van der Waals surface area contributed by atoms with Gasteiger partial charge in [0, 0.05) is 23.8 Å². The van der Waals surface area contributed by atoms with Crippen molar-refractivity contribution in [2.24, 2.45) is 0 Å². The third kappa shape index (κ3) is 4.44.